The summed E-state index contributed by atoms with van der Waals surface area (Å²) in [5.41, 5.74) is 1.25. The summed E-state index contributed by atoms with van der Waals surface area (Å²) in [4.78, 5) is 14.1. The zero-order chi connectivity index (χ0) is 14.4. The molecule has 1 saturated heterocycles. The topological polar surface area (TPSA) is 46.5 Å². The molecule has 0 spiro atoms. The Labute approximate surface area is 120 Å². The molecular formula is C15H25N3O2. The van der Waals surface area contributed by atoms with E-state index >= 15 is 0 Å². The number of morpholine rings is 1. The lowest BCUT2D eigenvalue weighted by Crippen LogP contribution is -2.42. The Morgan fingerprint density at radius 1 is 1.40 bits per heavy atom. The van der Waals surface area contributed by atoms with Crippen LogP contribution in [0, 0.1) is 0 Å². The molecule has 20 heavy (non-hydrogen) atoms. The van der Waals surface area contributed by atoms with Crippen LogP contribution in [0.25, 0.3) is 0 Å². The van der Waals surface area contributed by atoms with E-state index in [4.69, 9.17) is 4.74 Å². The van der Waals surface area contributed by atoms with Crippen LogP contribution in [0.1, 0.15) is 31.9 Å². The van der Waals surface area contributed by atoms with Crippen LogP contribution in [0.15, 0.2) is 18.5 Å². The highest BCUT2D eigenvalue weighted by Gasteiger charge is 2.17. The maximum absolute atomic E-state index is 12.2. The van der Waals surface area contributed by atoms with Crippen LogP contribution in [-0.4, -0.2) is 48.2 Å². The van der Waals surface area contributed by atoms with Crippen molar-refractivity contribution >= 4 is 5.91 Å². The van der Waals surface area contributed by atoms with Gasteiger partial charge in [-0.05, 0) is 24.6 Å². The summed E-state index contributed by atoms with van der Waals surface area (Å²) in [5.74, 6) is 0.173. The van der Waals surface area contributed by atoms with E-state index in [2.05, 4.69) is 31.4 Å². The van der Waals surface area contributed by atoms with Crippen LogP contribution in [0.5, 0.6) is 0 Å². The number of ether oxygens (including phenoxy) is 1. The average molecular weight is 279 g/mol. The first kappa shape index (κ1) is 15.1. The smallest absolute Gasteiger partial charge is 0.242 e. The molecule has 2 heterocycles. The predicted octanol–water partition coefficient (Wildman–Crippen LogP) is 1.41. The fourth-order valence-electron chi connectivity index (χ4n) is 2.58. The zero-order valence-corrected chi connectivity index (χ0v) is 12.5. The summed E-state index contributed by atoms with van der Waals surface area (Å²) >= 11 is 0. The van der Waals surface area contributed by atoms with Crippen molar-refractivity contribution in [3.05, 3.63) is 24.0 Å². The number of hydrogen-bond donors (Lipinski definition) is 1. The maximum atomic E-state index is 12.2. The van der Waals surface area contributed by atoms with Crippen molar-refractivity contribution in [1.29, 1.82) is 0 Å². The zero-order valence-electron chi connectivity index (χ0n) is 12.5. The van der Waals surface area contributed by atoms with E-state index in [1.54, 1.807) is 0 Å². The van der Waals surface area contributed by atoms with Crippen molar-refractivity contribution in [3.63, 3.8) is 0 Å². The maximum Gasteiger partial charge on any atom is 0.242 e. The monoisotopic (exact) mass is 279 g/mol. The SMILES string of the molecule is CCNC(CC)c1ccn(CC(=O)N2CCOCC2)c1. The summed E-state index contributed by atoms with van der Waals surface area (Å²) in [6.45, 7) is 8.38. The van der Waals surface area contributed by atoms with Gasteiger partial charge in [0.2, 0.25) is 5.91 Å². The first-order chi connectivity index (χ1) is 9.74. The van der Waals surface area contributed by atoms with Crippen LogP contribution < -0.4 is 5.32 Å². The molecule has 0 aromatic carbocycles. The fraction of sp³-hybridized carbons (Fsp3) is 0.667. The van der Waals surface area contributed by atoms with E-state index in [0.717, 1.165) is 13.0 Å². The Kier molecular flexibility index (Phi) is 5.61. The minimum Gasteiger partial charge on any atom is -0.378 e. The number of nitrogens with one attached hydrogen (secondary N) is 1. The quantitative estimate of drug-likeness (QED) is 0.856. The first-order valence-corrected chi connectivity index (χ1v) is 7.49. The summed E-state index contributed by atoms with van der Waals surface area (Å²) in [5, 5.41) is 3.45. The highest BCUT2D eigenvalue weighted by Crippen LogP contribution is 2.16. The normalized spacial score (nSPS) is 17.2. The molecule has 0 saturated carbocycles. The number of nitrogens with zero attached hydrogens (tertiary/aromatic N) is 2. The largest absolute Gasteiger partial charge is 0.378 e. The Balaban J connectivity index is 1.93. The second-order valence-corrected chi connectivity index (χ2v) is 5.13. The van der Waals surface area contributed by atoms with E-state index in [9.17, 15) is 4.79 Å². The molecule has 5 nitrogen and oxygen atoms in total. The molecule has 1 unspecified atom stereocenters. The number of carbonyl (C=O) groups is 1. The van der Waals surface area contributed by atoms with Gasteiger partial charge < -0.3 is 19.5 Å². The van der Waals surface area contributed by atoms with Gasteiger partial charge in [0.1, 0.15) is 6.54 Å². The number of carbonyl (C=O) groups excluding carboxylic acids is 1. The Hall–Kier alpha value is -1.33. The molecule has 0 radical (unpaired) electrons. The van der Waals surface area contributed by atoms with Gasteiger partial charge in [-0.15, -0.1) is 0 Å². The first-order valence-electron chi connectivity index (χ1n) is 7.49. The molecule has 1 aliphatic heterocycles. The van der Waals surface area contributed by atoms with Crippen molar-refractivity contribution in [2.75, 3.05) is 32.8 Å². The molecule has 112 valence electrons. The molecule has 1 N–H and O–H groups in total. The van der Waals surface area contributed by atoms with Gasteiger partial charge in [-0.2, -0.15) is 0 Å². The lowest BCUT2D eigenvalue weighted by atomic mass is 10.1. The Morgan fingerprint density at radius 3 is 2.80 bits per heavy atom. The molecule has 1 aromatic heterocycles. The molecule has 1 fully saturated rings. The van der Waals surface area contributed by atoms with Crippen molar-refractivity contribution in [2.45, 2.75) is 32.9 Å². The van der Waals surface area contributed by atoms with Crippen molar-refractivity contribution in [1.82, 2.24) is 14.8 Å². The van der Waals surface area contributed by atoms with Crippen molar-refractivity contribution < 1.29 is 9.53 Å². The molecule has 0 aliphatic carbocycles. The van der Waals surface area contributed by atoms with Gasteiger partial charge in [-0.3, -0.25) is 4.79 Å². The molecule has 1 aliphatic rings. The van der Waals surface area contributed by atoms with E-state index in [0.29, 0.717) is 38.9 Å². The van der Waals surface area contributed by atoms with Crippen molar-refractivity contribution in [3.8, 4) is 0 Å². The summed E-state index contributed by atoms with van der Waals surface area (Å²) < 4.78 is 7.25. The second kappa shape index (κ2) is 7.45. The van der Waals surface area contributed by atoms with Crippen LogP contribution in [0.2, 0.25) is 0 Å². The third-order valence-corrected chi connectivity index (χ3v) is 3.72. The fourth-order valence-corrected chi connectivity index (χ4v) is 2.58. The second-order valence-electron chi connectivity index (χ2n) is 5.13. The molecular weight excluding hydrogens is 254 g/mol. The van der Waals surface area contributed by atoms with Crippen LogP contribution >= 0.6 is 0 Å². The highest BCUT2D eigenvalue weighted by molar-refractivity contribution is 5.76. The summed E-state index contributed by atoms with van der Waals surface area (Å²) in [6.07, 6.45) is 5.12. The number of aromatic nitrogens is 1. The number of hydrogen-bond acceptors (Lipinski definition) is 3. The van der Waals surface area contributed by atoms with Gasteiger partial charge in [-0.25, -0.2) is 0 Å². The van der Waals surface area contributed by atoms with Gasteiger partial charge >= 0.3 is 0 Å². The molecule has 5 heteroatoms. The number of amides is 1. The van der Waals surface area contributed by atoms with Crippen LogP contribution in [-0.2, 0) is 16.1 Å². The van der Waals surface area contributed by atoms with Crippen LogP contribution in [0.3, 0.4) is 0 Å². The third kappa shape index (κ3) is 3.84. The van der Waals surface area contributed by atoms with E-state index < -0.39 is 0 Å². The Bertz CT molecular complexity index is 425. The summed E-state index contributed by atoms with van der Waals surface area (Å²) in [6, 6.07) is 2.48. The number of rotatable bonds is 6. The molecule has 1 atom stereocenters. The summed E-state index contributed by atoms with van der Waals surface area (Å²) in [7, 11) is 0. The van der Waals surface area contributed by atoms with E-state index in [1.165, 1.54) is 5.56 Å². The van der Waals surface area contributed by atoms with Gasteiger partial charge in [0.05, 0.1) is 13.2 Å². The van der Waals surface area contributed by atoms with E-state index in [1.807, 2.05) is 15.7 Å². The molecule has 1 amide bonds. The van der Waals surface area contributed by atoms with Gasteiger partial charge in [0.25, 0.3) is 0 Å². The minimum absolute atomic E-state index is 0.173. The lowest BCUT2D eigenvalue weighted by Gasteiger charge is -2.27. The van der Waals surface area contributed by atoms with Crippen molar-refractivity contribution in [2.24, 2.45) is 0 Å². The van der Waals surface area contributed by atoms with Gasteiger partial charge in [0, 0.05) is 31.5 Å². The standard InChI is InChI=1S/C15H25N3O2/c1-3-14(16-4-2)13-5-6-17(11-13)12-15(19)18-7-9-20-10-8-18/h5-6,11,14,16H,3-4,7-10,12H2,1-2H3. The predicted molar refractivity (Wildman–Crippen MR) is 78.5 cm³/mol. The van der Waals surface area contributed by atoms with Gasteiger partial charge in [-0.1, -0.05) is 13.8 Å². The van der Waals surface area contributed by atoms with E-state index in [-0.39, 0.29) is 5.91 Å². The van der Waals surface area contributed by atoms with Crippen LogP contribution in [0.4, 0.5) is 0 Å². The Morgan fingerprint density at radius 2 is 2.15 bits per heavy atom. The minimum atomic E-state index is 0.173. The molecule has 1 aromatic rings. The average Bonchev–Trinajstić information content (AvgIpc) is 2.94. The molecule has 2 rings (SSSR count). The molecule has 0 bridgehead atoms. The lowest BCUT2D eigenvalue weighted by molar-refractivity contribution is -0.135. The van der Waals surface area contributed by atoms with Gasteiger partial charge in [0.15, 0.2) is 0 Å². The third-order valence-electron chi connectivity index (χ3n) is 3.72. The highest BCUT2D eigenvalue weighted by atomic mass is 16.5.